The third-order valence-electron chi connectivity index (χ3n) is 0.390. The summed E-state index contributed by atoms with van der Waals surface area (Å²) in [7, 11) is 0. The molecule has 0 aromatic carbocycles. The van der Waals surface area contributed by atoms with Gasteiger partial charge in [-0.2, -0.15) is 13.2 Å². The van der Waals surface area contributed by atoms with Gasteiger partial charge in [0, 0.05) is 0 Å². The van der Waals surface area contributed by atoms with E-state index >= 15 is 0 Å². The third-order valence-corrected chi connectivity index (χ3v) is 0.390. The zero-order chi connectivity index (χ0) is 7.49. The van der Waals surface area contributed by atoms with Crippen molar-refractivity contribution < 1.29 is 33.1 Å². The standard InChI is InChI=1S/C2HF3O4/c3-2(4,5)1(8-6)9-7/h6H. The Kier molecular flexibility index (Phi) is 2.26. The van der Waals surface area contributed by atoms with Crippen LogP contribution in [0, 0.1) is 0 Å². The average molecular weight is 146 g/mol. The van der Waals surface area contributed by atoms with Gasteiger partial charge >= 0.3 is 12.1 Å². The van der Waals surface area contributed by atoms with Crippen molar-refractivity contribution in [1.82, 2.24) is 0 Å². The smallest absolute Gasteiger partial charge is 0.588 e. The van der Waals surface area contributed by atoms with Gasteiger partial charge < -0.3 is 5.26 Å². The van der Waals surface area contributed by atoms with Crippen LogP contribution in [0.25, 0.3) is 0 Å². The highest BCUT2D eigenvalue weighted by atomic mass is 19.4. The van der Waals surface area contributed by atoms with Gasteiger partial charge in [0.15, 0.2) is 0 Å². The topological polar surface area (TPSA) is 63.8 Å². The van der Waals surface area contributed by atoms with Crippen molar-refractivity contribution in [3.8, 4) is 0 Å². The molecule has 0 fully saturated rings. The van der Waals surface area contributed by atoms with E-state index < -0.39 is 12.1 Å². The summed E-state index contributed by atoms with van der Waals surface area (Å²) in [6, 6.07) is 0. The molecular weight excluding hydrogens is 145 g/mol. The Morgan fingerprint density at radius 3 is 2.00 bits per heavy atom. The number of alkyl halides is 3. The Balaban J connectivity index is 4.14. The van der Waals surface area contributed by atoms with E-state index in [1.54, 1.807) is 0 Å². The van der Waals surface area contributed by atoms with Crippen LogP contribution < -0.4 is 5.26 Å². The fourth-order valence-corrected chi connectivity index (χ4v) is 0.114. The molecule has 9 heavy (non-hydrogen) atoms. The van der Waals surface area contributed by atoms with E-state index in [0.29, 0.717) is 0 Å². The Hall–Kier alpha value is -0.980. The van der Waals surface area contributed by atoms with Gasteiger partial charge in [0.1, 0.15) is 0 Å². The maximum atomic E-state index is 11.1. The van der Waals surface area contributed by atoms with E-state index in [9.17, 15) is 13.2 Å². The number of carbonyl (C=O) groups excluding carboxylic acids is 1. The molecule has 0 unspecified atom stereocenters. The second kappa shape index (κ2) is 2.53. The highest BCUT2D eigenvalue weighted by Crippen LogP contribution is 2.15. The van der Waals surface area contributed by atoms with Crippen LogP contribution in [0.3, 0.4) is 0 Å². The van der Waals surface area contributed by atoms with Crippen LogP contribution in [0.15, 0.2) is 0 Å². The molecule has 0 bridgehead atoms. The highest BCUT2D eigenvalue weighted by Gasteiger charge is 2.51. The Labute approximate surface area is 46.6 Å². The van der Waals surface area contributed by atoms with Crippen LogP contribution >= 0.6 is 0 Å². The van der Waals surface area contributed by atoms with Crippen molar-refractivity contribution >= 4 is 5.97 Å². The first-order valence-corrected chi connectivity index (χ1v) is 1.57. The number of rotatable bonds is 0. The van der Waals surface area contributed by atoms with Gasteiger partial charge in [-0.1, -0.05) is 5.26 Å². The molecule has 0 aliphatic rings. The Morgan fingerprint density at radius 2 is 2.00 bits per heavy atom. The molecule has 0 saturated heterocycles. The van der Waals surface area contributed by atoms with Gasteiger partial charge in [-0.3, -0.25) is 4.58 Å². The molecule has 0 heterocycles. The van der Waals surface area contributed by atoms with E-state index in [1.165, 1.54) is 0 Å². The van der Waals surface area contributed by atoms with Crippen molar-refractivity contribution in [2.75, 3.05) is 0 Å². The van der Waals surface area contributed by atoms with Gasteiger partial charge in [-0.05, 0) is 0 Å². The zero-order valence-electron chi connectivity index (χ0n) is 3.81. The molecule has 1 N–H and O–H groups in total. The van der Waals surface area contributed by atoms with Crippen molar-refractivity contribution in [2.45, 2.75) is 6.18 Å². The first-order chi connectivity index (χ1) is 4.02. The fourth-order valence-electron chi connectivity index (χ4n) is 0.114. The van der Waals surface area contributed by atoms with E-state index in [1.807, 2.05) is 0 Å². The zero-order valence-corrected chi connectivity index (χ0v) is 3.81. The number of hydrogen-bond acceptors (Lipinski definition) is 3. The van der Waals surface area contributed by atoms with Gasteiger partial charge in [0.25, 0.3) is 0 Å². The van der Waals surface area contributed by atoms with E-state index in [2.05, 4.69) is 9.46 Å². The quantitative estimate of drug-likeness (QED) is 0.281. The van der Waals surface area contributed by atoms with Crippen LogP contribution in [0.2, 0.25) is 0 Å². The Bertz CT molecular complexity index is 115. The fraction of sp³-hybridized carbons (Fsp3) is 0.500. The summed E-state index contributed by atoms with van der Waals surface area (Å²) < 4.78 is 35.6. The average Bonchev–Trinajstić information content (AvgIpc) is 1.65. The lowest BCUT2D eigenvalue weighted by Gasteiger charge is -1.93. The molecule has 0 aromatic heterocycles. The van der Waals surface area contributed by atoms with Crippen LogP contribution in [0.4, 0.5) is 13.2 Å². The molecular formula is C2HF3O4. The second-order valence-corrected chi connectivity index (χ2v) is 0.960. The maximum Gasteiger partial charge on any atom is 0.649 e. The van der Waals surface area contributed by atoms with Crippen molar-refractivity contribution in [3.63, 3.8) is 0 Å². The van der Waals surface area contributed by atoms with E-state index in [-0.39, 0.29) is 0 Å². The lowest BCUT2D eigenvalue weighted by Crippen LogP contribution is -2.29. The maximum absolute atomic E-state index is 11.1. The first-order valence-electron chi connectivity index (χ1n) is 1.57. The molecule has 0 rings (SSSR count). The first kappa shape index (κ1) is 8.02. The molecule has 0 aromatic rings. The summed E-state index contributed by atoms with van der Waals surface area (Å²) in [6.07, 6.45) is -5.07. The number of halogens is 3. The van der Waals surface area contributed by atoms with Gasteiger partial charge in [-0.15, -0.1) is 4.89 Å². The molecule has 0 radical (unpaired) electrons. The summed E-state index contributed by atoms with van der Waals surface area (Å²) in [5, 5.41) is 16.2. The molecule has 0 aliphatic carbocycles. The molecule has 4 nitrogen and oxygen atoms in total. The number of hydrogen-bond donors (Lipinski definition) is 1. The minimum Gasteiger partial charge on any atom is -0.588 e. The van der Waals surface area contributed by atoms with Gasteiger partial charge in [0.2, 0.25) is 0 Å². The van der Waals surface area contributed by atoms with Crippen LogP contribution in [0.5, 0.6) is 0 Å². The lowest BCUT2D eigenvalue weighted by molar-refractivity contribution is -1.05. The Morgan fingerprint density at radius 1 is 1.56 bits per heavy atom. The molecule has 7 heteroatoms. The van der Waals surface area contributed by atoms with E-state index in [0.717, 1.165) is 0 Å². The molecule has 0 amide bonds. The predicted octanol–water partition coefficient (Wildman–Crippen LogP) is -0.624. The molecule has 0 aliphatic heterocycles. The summed E-state index contributed by atoms with van der Waals surface area (Å²) in [6.45, 7) is 0. The molecule has 0 atom stereocenters. The largest absolute Gasteiger partial charge is 0.649 e. The molecule has 54 valence electrons. The van der Waals surface area contributed by atoms with Crippen molar-refractivity contribution in [2.24, 2.45) is 0 Å². The normalized spacial score (nSPS) is 13.6. The SMILES string of the molecule is [O-][O+]=C(OO)C(F)(F)F. The van der Waals surface area contributed by atoms with E-state index in [4.69, 9.17) is 10.5 Å². The van der Waals surface area contributed by atoms with Gasteiger partial charge in [-0.25, -0.2) is 0 Å². The highest BCUT2D eigenvalue weighted by molar-refractivity contribution is 5.74. The molecule has 0 saturated carbocycles. The third kappa shape index (κ3) is 2.17. The second-order valence-electron chi connectivity index (χ2n) is 0.960. The summed E-state index contributed by atoms with van der Waals surface area (Å²) in [4.78, 5) is 2.52. The summed E-state index contributed by atoms with van der Waals surface area (Å²) in [5.41, 5.74) is 0. The minimum atomic E-state index is -5.07. The minimum absolute atomic E-state index is 2.33. The van der Waals surface area contributed by atoms with Crippen LogP contribution in [-0.2, 0) is 9.46 Å². The van der Waals surface area contributed by atoms with Crippen LogP contribution in [0.1, 0.15) is 0 Å². The monoisotopic (exact) mass is 146 g/mol. The molecule has 0 spiro atoms. The summed E-state index contributed by atoms with van der Waals surface area (Å²) in [5.74, 6) is -2.33. The summed E-state index contributed by atoms with van der Waals surface area (Å²) >= 11 is 0. The predicted molar refractivity (Wildman–Crippen MR) is 14.8 cm³/mol. The lowest BCUT2D eigenvalue weighted by atomic mass is 10.7. The van der Waals surface area contributed by atoms with Crippen molar-refractivity contribution in [3.05, 3.63) is 0 Å². The van der Waals surface area contributed by atoms with Crippen LogP contribution in [-0.4, -0.2) is 17.4 Å². The van der Waals surface area contributed by atoms with Crippen molar-refractivity contribution in [1.29, 1.82) is 0 Å². The van der Waals surface area contributed by atoms with Gasteiger partial charge in [0.05, 0.1) is 0 Å².